The van der Waals surface area contributed by atoms with Crippen LogP contribution in [0.25, 0.3) is 0 Å². The Balaban J connectivity index is 1.67. The van der Waals surface area contributed by atoms with Crippen molar-refractivity contribution in [3.63, 3.8) is 0 Å². The third-order valence-electron chi connectivity index (χ3n) is 3.91. The number of carbonyl (C=O) groups is 1. The molecule has 6 nitrogen and oxygen atoms in total. The molecular weight excluding hydrogens is 334 g/mol. The zero-order valence-corrected chi connectivity index (χ0v) is 14.7. The standard InChI is InChI=1S/C15H19N3O3S2/c1-12-3-4-14(22-12)23(20,21)18-9-7-17(8-10-18)15(19)13-5-6-16(2)11-13/h3-6,11H,7-10H2,1-2H3. The van der Waals surface area contributed by atoms with E-state index in [1.165, 1.54) is 15.6 Å². The van der Waals surface area contributed by atoms with Gasteiger partial charge < -0.3 is 9.47 Å². The fourth-order valence-corrected chi connectivity index (χ4v) is 5.48. The second-order valence-corrected chi connectivity index (χ2v) is 9.08. The average molecular weight is 353 g/mol. The molecule has 1 aliphatic rings. The van der Waals surface area contributed by atoms with Crippen LogP contribution in [0, 0.1) is 6.92 Å². The lowest BCUT2D eigenvalue weighted by atomic mass is 10.2. The molecule has 3 rings (SSSR count). The number of sulfonamides is 1. The van der Waals surface area contributed by atoms with Gasteiger partial charge in [-0.25, -0.2) is 8.42 Å². The number of aromatic nitrogens is 1. The van der Waals surface area contributed by atoms with Crippen LogP contribution in [0.4, 0.5) is 0 Å². The predicted octanol–water partition coefficient (Wildman–Crippen LogP) is 1.54. The van der Waals surface area contributed by atoms with Crippen LogP contribution in [0.15, 0.2) is 34.8 Å². The molecule has 0 aliphatic carbocycles. The van der Waals surface area contributed by atoms with Crippen molar-refractivity contribution < 1.29 is 13.2 Å². The molecule has 1 fully saturated rings. The summed E-state index contributed by atoms with van der Waals surface area (Å²) in [4.78, 5) is 15.1. The van der Waals surface area contributed by atoms with Crippen molar-refractivity contribution in [3.8, 4) is 0 Å². The summed E-state index contributed by atoms with van der Waals surface area (Å²) in [6.45, 7) is 3.38. The van der Waals surface area contributed by atoms with Crippen LogP contribution in [0.5, 0.6) is 0 Å². The molecule has 0 bridgehead atoms. The zero-order chi connectivity index (χ0) is 16.6. The summed E-state index contributed by atoms with van der Waals surface area (Å²) in [6.07, 6.45) is 3.60. The Bertz CT molecular complexity index is 815. The molecule has 0 spiro atoms. The van der Waals surface area contributed by atoms with Gasteiger partial charge in [-0.1, -0.05) is 0 Å². The molecule has 0 aromatic carbocycles. The molecule has 124 valence electrons. The second kappa shape index (κ2) is 6.10. The third-order valence-corrected chi connectivity index (χ3v) is 7.28. The van der Waals surface area contributed by atoms with Gasteiger partial charge in [-0.2, -0.15) is 4.31 Å². The van der Waals surface area contributed by atoms with E-state index in [-0.39, 0.29) is 5.91 Å². The quantitative estimate of drug-likeness (QED) is 0.841. The summed E-state index contributed by atoms with van der Waals surface area (Å²) in [5.74, 6) is -0.0467. The van der Waals surface area contributed by atoms with E-state index in [1.807, 2.05) is 30.8 Å². The maximum Gasteiger partial charge on any atom is 0.255 e. The number of amides is 1. The van der Waals surface area contributed by atoms with E-state index in [9.17, 15) is 13.2 Å². The van der Waals surface area contributed by atoms with Crippen LogP contribution in [0.3, 0.4) is 0 Å². The molecule has 1 aliphatic heterocycles. The molecule has 3 heterocycles. The lowest BCUT2D eigenvalue weighted by molar-refractivity contribution is 0.0698. The topological polar surface area (TPSA) is 62.6 Å². The molecule has 0 N–H and O–H groups in total. The van der Waals surface area contributed by atoms with Crippen molar-refractivity contribution in [2.24, 2.45) is 7.05 Å². The average Bonchev–Trinajstić information content (AvgIpc) is 3.15. The number of nitrogens with zero attached hydrogens (tertiary/aromatic N) is 3. The fourth-order valence-electron chi connectivity index (χ4n) is 2.62. The van der Waals surface area contributed by atoms with E-state index in [0.717, 1.165) is 4.88 Å². The van der Waals surface area contributed by atoms with Gasteiger partial charge in [0.05, 0.1) is 5.56 Å². The van der Waals surface area contributed by atoms with Gasteiger partial charge in [0.1, 0.15) is 4.21 Å². The Morgan fingerprint density at radius 3 is 2.35 bits per heavy atom. The summed E-state index contributed by atoms with van der Waals surface area (Å²) in [6, 6.07) is 5.24. The highest BCUT2D eigenvalue weighted by molar-refractivity contribution is 7.91. The fraction of sp³-hybridized carbons (Fsp3) is 0.400. The molecular formula is C15H19N3O3S2. The zero-order valence-electron chi connectivity index (χ0n) is 13.1. The Hall–Kier alpha value is -1.64. The van der Waals surface area contributed by atoms with Gasteiger partial charge in [0.15, 0.2) is 0 Å². The smallest absolute Gasteiger partial charge is 0.255 e. The minimum absolute atomic E-state index is 0.0467. The van der Waals surface area contributed by atoms with Crippen LogP contribution >= 0.6 is 11.3 Å². The summed E-state index contributed by atoms with van der Waals surface area (Å²) >= 11 is 1.28. The number of aryl methyl sites for hydroxylation is 2. The van der Waals surface area contributed by atoms with Gasteiger partial charge in [0, 0.05) is 50.5 Å². The summed E-state index contributed by atoms with van der Waals surface area (Å²) in [5, 5.41) is 0. The predicted molar refractivity (Wildman–Crippen MR) is 89.1 cm³/mol. The monoisotopic (exact) mass is 353 g/mol. The van der Waals surface area contributed by atoms with Gasteiger partial charge in [0.2, 0.25) is 0 Å². The SMILES string of the molecule is Cc1ccc(S(=O)(=O)N2CCN(C(=O)c3ccn(C)c3)CC2)s1. The Labute approximate surface area is 140 Å². The van der Waals surface area contributed by atoms with Crippen molar-refractivity contribution in [1.29, 1.82) is 0 Å². The number of rotatable bonds is 3. The van der Waals surface area contributed by atoms with Crippen LogP contribution in [0.2, 0.25) is 0 Å². The normalized spacial score (nSPS) is 16.7. The summed E-state index contributed by atoms with van der Waals surface area (Å²) < 4.78 is 28.8. The van der Waals surface area contributed by atoms with Gasteiger partial charge in [0.25, 0.3) is 15.9 Å². The first-order chi connectivity index (χ1) is 10.9. The van der Waals surface area contributed by atoms with Gasteiger partial charge in [-0.3, -0.25) is 4.79 Å². The van der Waals surface area contributed by atoms with Crippen molar-refractivity contribution in [2.45, 2.75) is 11.1 Å². The highest BCUT2D eigenvalue weighted by Gasteiger charge is 2.31. The minimum atomic E-state index is -3.44. The second-order valence-electron chi connectivity index (χ2n) is 5.63. The molecule has 0 atom stereocenters. The minimum Gasteiger partial charge on any atom is -0.356 e. The molecule has 8 heteroatoms. The highest BCUT2D eigenvalue weighted by atomic mass is 32.2. The number of thiophene rings is 1. The van der Waals surface area contributed by atoms with Gasteiger partial charge >= 0.3 is 0 Å². The highest BCUT2D eigenvalue weighted by Crippen LogP contribution is 2.25. The number of carbonyl (C=O) groups excluding carboxylic acids is 1. The molecule has 2 aromatic rings. The lowest BCUT2D eigenvalue weighted by Crippen LogP contribution is -2.50. The summed E-state index contributed by atoms with van der Waals surface area (Å²) in [7, 11) is -1.58. The van der Waals surface area contributed by atoms with Crippen molar-refractivity contribution >= 4 is 27.3 Å². The van der Waals surface area contributed by atoms with Crippen LogP contribution in [0.1, 0.15) is 15.2 Å². The Morgan fingerprint density at radius 1 is 1.13 bits per heavy atom. The van der Waals surface area contributed by atoms with Gasteiger partial charge in [-0.15, -0.1) is 11.3 Å². The van der Waals surface area contributed by atoms with Gasteiger partial charge in [-0.05, 0) is 25.1 Å². The van der Waals surface area contributed by atoms with E-state index in [0.29, 0.717) is 36.0 Å². The maximum absolute atomic E-state index is 12.6. The van der Waals surface area contributed by atoms with Crippen molar-refractivity contribution in [3.05, 3.63) is 41.0 Å². The molecule has 23 heavy (non-hydrogen) atoms. The van der Waals surface area contributed by atoms with E-state index in [4.69, 9.17) is 0 Å². The first kappa shape index (κ1) is 16.2. The van der Waals surface area contributed by atoms with Crippen molar-refractivity contribution in [2.75, 3.05) is 26.2 Å². The number of piperazine rings is 1. The molecule has 1 saturated heterocycles. The van der Waals surface area contributed by atoms with Crippen LogP contribution in [-0.4, -0.2) is 54.3 Å². The molecule has 1 amide bonds. The number of hydrogen-bond acceptors (Lipinski definition) is 4. The third kappa shape index (κ3) is 3.19. The maximum atomic E-state index is 12.6. The van der Waals surface area contributed by atoms with Crippen LogP contribution < -0.4 is 0 Å². The molecule has 0 saturated carbocycles. The van der Waals surface area contributed by atoms with E-state index in [1.54, 1.807) is 23.2 Å². The first-order valence-electron chi connectivity index (χ1n) is 7.36. The number of hydrogen-bond donors (Lipinski definition) is 0. The van der Waals surface area contributed by atoms with E-state index < -0.39 is 10.0 Å². The molecule has 0 unspecified atom stereocenters. The molecule has 0 radical (unpaired) electrons. The largest absolute Gasteiger partial charge is 0.356 e. The Morgan fingerprint density at radius 2 is 1.83 bits per heavy atom. The van der Waals surface area contributed by atoms with Crippen LogP contribution in [-0.2, 0) is 17.1 Å². The lowest BCUT2D eigenvalue weighted by Gasteiger charge is -2.33. The van der Waals surface area contributed by atoms with Crippen molar-refractivity contribution in [1.82, 2.24) is 13.8 Å². The first-order valence-corrected chi connectivity index (χ1v) is 9.61. The molecule has 2 aromatic heterocycles. The van der Waals surface area contributed by atoms with E-state index >= 15 is 0 Å². The summed E-state index contributed by atoms with van der Waals surface area (Å²) in [5.41, 5.74) is 0.637. The Kier molecular flexibility index (Phi) is 4.31. The van der Waals surface area contributed by atoms with E-state index in [2.05, 4.69) is 0 Å².